The zero-order valence-corrected chi connectivity index (χ0v) is 10.2. The summed E-state index contributed by atoms with van der Waals surface area (Å²) < 4.78 is 0. The van der Waals surface area contributed by atoms with E-state index in [1.165, 1.54) is 0 Å². The van der Waals surface area contributed by atoms with E-state index in [1.54, 1.807) is 25.2 Å². The second-order valence-electron chi connectivity index (χ2n) is 3.28. The molecular weight excluding hydrogens is 252 g/mol. The molecule has 0 radical (unpaired) electrons. The standard InChI is InChI=1S/C11H9ClN6/c1-14-10-16-9(12)17-11(18-10)15-8-5-3-2-4-7(8)6-13/h2-5H,1H3,(H2,14,15,16,17,18). The monoisotopic (exact) mass is 260 g/mol. The van der Waals surface area contributed by atoms with Gasteiger partial charge >= 0.3 is 0 Å². The molecule has 2 rings (SSSR count). The molecule has 6 nitrogen and oxygen atoms in total. The number of rotatable bonds is 3. The molecule has 0 saturated carbocycles. The summed E-state index contributed by atoms with van der Waals surface area (Å²) in [5, 5.41) is 14.7. The van der Waals surface area contributed by atoms with E-state index in [0.29, 0.717) is 17.2 Å². The number of benzene rings is 1. The van der Waals surface area contributed by atoms with Crippen LogP contribution in [0.2, 0.25) is 5.28 Å². The van der Waals surface area contributed by atoms with Gasteiger partial charge in [-0.15, -0.1) is 0 Å². The van der Waals surface area contributed by atoms with E-state index in [-0.39, 0.29) is 11.2 Å². The summed E-state index contributed by atoms with van der Waals surface area (Å²) in [5.74, 6) is 0.633. The van der Waals surface area contributed by atoms with Crippen LogP contribution in [0, 0.1) is 11.3 Å². The highest BCUT2D eigenvalue weighted by molar-refractivity contribution is 6.28. The number of anilines is 3. The smallest absolute Gasteiger partial charge is 0.233 e. The van der Waals surface area contributed by atoms with Crippen LogP contribution in [0.5, 0.6) is 0 Å². The fraction of sp³-hybridized carbons (Fsp3) is 0.0909. The van der Waals surface area contributed by atoms with Crippen molar-refractivity contribution in [1.29, 1.82) is 5.26 Å². The molecule has 1 aromatic heterocycles. The molecule has 0 aliphatic carbocycles. The van der Waals surface area contributed by atoms with E-state index >= 15 is 0 Å². The van der Waals surface area contributed by atoms with Gasteiger partial charge in [0.2, 0.25) is 17.2 Å². The zero-order valence-electron chi connectivity index (χ0n) is 9.48. The Morgan fingerprint density at radius 1 is 1.17 bits per heavy atom. The van der Waals surface area contributed by atoms with Gasteiger partial charge in [-0.25, -0.2) is 0 Å². The summed E-state index contributed by atoms with van der Waals surface area (Å²) in [4.78, 5) is 11.9. The third-order valence-electron chi connectivity index (χ3n) is 2.13. The number of nitrogens with zero attached hydrogens (tertiary/aromatic N) is 4. The number of nitrogens with one attached hydrogen (secondary N) is 2. The summed E-state index contributed by atoms with van der Waals surface area (Å²) in [6.45, 7) is 0. The molecule has 2 N–H and O–H groups in total. The summed E-state index contributed by atoms with van der Waals surface area (Å²) >= 11 is 5.76. The molecule has 0 spiro atoms. The van der Waals surface area contributed by atoms with E-state index in [9.17, 15) is 0 Å². The minimum absolute atomic E-state index is 0.0753. The molecule has 0 aliphatic heterocycles. The van der Waals surface area contributed by atoms with Crippen molar-refractivity contribution in [1.82, 2.24) is 15.0 Å². The minimum Gasteiger partial charge on any atom is -0.357 e. The van der Waals surface area contributed by atoms with Crippen molar-refractivity contribution in [2.45, 2.75) is 0 Å². The highest BCUT2D eigenvalue weighted by Gasteiger charge is 2.06. The van der Waals surface area contributed by atoms with Gasteiger partial charge in [0.25, 0.3) is 0 Å². The van der Waals surface area contributed by atoms with E-state index in [1.807, 2.05) is 6.07 Å². The van der Waals surface area contributed by atoms with E-state index in [2.05, 4.69) is 31.7 Å². The normalized spacial score (nSPS) is 9.61. The maximum absolute atomic E-state index is 8.97. The van der Waals surface area contributed by atoms with Gasteiger partial charge in [-0.2, -0.15) is 20.2 Å². The molecule has 7 heteroatoms. The van der Waals surface area contributed by atoms with E-state index < -0.39 is 0 Å². The molecule has 0 atom stereocenters. The number of hydrogen-bond acceptors (Lipinski definition) is 6. The number of nitriles is 1. The maximum Gasteiger partial charge on any atom is 0.233 e. The van der Waals surface area contributed by atoms with Gasteiger partial charge in [-0.05, 0) is 23.7 Å². The number of hydrogen-bond donors (Lipinski definition) is 2. The predicted octanol–water partition coefficient (Wildman–Crippen LogP) is 2.18. The Morgan fingerprint density at radius 3 is 2.61 bits per heavy atom. The fourth-order valence-electron chi connectivity index (χ4n) is 1.33. The summed E-state index contributed by atoms with van der Waals surface area (Å²) in [5.41, 5.74) is 1.12. The van der Waals surface area contributed by atoms with Crippen molar-refractivity contribution in [2.24, 2.45) is 0 Å². The lowest BCUT2D eigenvalue weighted by Crippen LogP contribution is -2.04. The molecular formula is C11H9ClN6. The summed E-state index contributed by atoms with van der Waals surface area (Å²) in [6, 6.07) is 9.13. The molecule has 0 aliphatic rings. The molecule has 0 saturated heterocycles. The largest absolute Gasteiger partial charge is 0.357 e. The minimum atomic E-state index is 0.0753. The van der Waals surface area contributed by atoms with Crippen LogP contribution >= 0.6 is 11.6 Å². The maximum atomic E-state index is 8.97. The lowest BCUT2D eigenvalue weighted by molar-refractivity contribution is 1.05. The Bertz CT molecular complexity index is 607. The first-order valence-electron chi connectivity index (χ1n) is 5.08. The number of para-hydroxylation sites is 1. The van der Waals surface area contributed by atoms with Crippen molar-refractivity contribution in [3.05, 3.63) is 35.1 Å². The lowest BCUT2D eigenvalue weighted by atomic mass is 10.2. The van der Waals surface area contributed by atoms with Gasteiger partial charge in [0.05, 0.1) is 11.3 Å². The van der Waals surface area contributed by atoms with Gasteiger partial charge in [0.1, 0.15) is 6.07 Å². The van der Waals surface area contributed by atoms with Crippen LogP contribution in [0.25, 0.3) is 0 Å². The van der Waals surface area contributed by atoms with E-state index in [4.69, 9.17) is 16.9 Å². The Hall–Kier alpha value is -2.39. The second-order valence-corrected chi connectivity index (χ2v) is 3.62. The molecule has 2 aromatic rings. The highest BCUT2D eigenvalue weighted by atomic mass is 35.5. The van der Waals surface area contributed by atoms with Crippen LogP contribution in [0.15, 0.2) is 24.3 Å². The third-order valence-corrected chi connectivity index (χ3v) is 2.29. The van der Waals surface area contributed by atoms with Gasteiger partial charge in [0.15, 0.2) is 0 Å². The van der Waals surface area contributed by atoms with Crippen molar-refractivity contribution < 1.29 is 0 Å². The third kappa shape index (κ3) is 2.64. The van der Waals surface area contributed by atoms with Crippen LogP contribution < -0.4 is 10.6 Å². The van der Waals surface area contributed by atoms with Crippen molar-refractivity contribution in [3.63, 3.8) is 0 Å². The van der Waals surface area contributed by atoms with Crippen LogP contribution in [-0.4, -0.2) is 22.0 Å². The molecule has 18 heavy (non-hydrogen) atoms. The Balaban J connectivity index is 2.34. The average molecular weight is 261 g/mol. The summed E-state index contributed by atoms with van der Waals surface area (Å²) in [7, 11) is 1.68. The molecule has 90 valence electrons. The summed E-state index contributed by atoms with van der Waals surface area (Å²) in [6.07, 6.45) is 0. The molecule has 1 heterocycles. The van der Waals surface area contributed by atoms with Crippen LogP contribution in [-0.2, 0) is 0 Å². The Kier molecular flexibility index (Phi) is 3.55. The average Bonchev–Trinajstić information content (AvgIpc) is 2.38. The van der Waals surface area contributed by atoms with Gasteiger partial charge in [-0.1, -0.05) is 12.1 Å². The predicted molar refractivity (Wildman–Crippen MR) is 68.8 cm³/mol. The topological polar surface area (TPSA) is 86.5 Å². The molecule has 0 fully saturated rings. The zero-order chi connectivity index (χ0) is 13.0. The van der Waals surface area contributed by atoms with Crippen LogP contribution in [0.4, 0.5) is 17.6 Å². The lowest BCUT2D eigenvalue weighted by Gasteiger charge is -2.07. The molecule has 0 unspecified atom stereocenters. The Morgan fingerprint density at radius 2 is 1.89 bits per heavy atom. The van der Waals surface area contributed by atoms with Crippen LogP contribution in [0.3, 0.4) is 0 Å². The number of aromatic nitrogens is 3. The van der Waals surface area contributed by atoms with Crippen molar-refractivity contribution in [3.8, 4) is 6.07 Å². The first-order valence-corrected chi connectivity index (χ1v) is 5.46. The fourth-order valence-corrected chi connectivity index (χ4v) is 1.49. The van der Waals surface area contributed by atoms with Crippen molar-refractivity contribution >= 4 is 29.2 Å². The first-order chi connectivity index (χ1) is 8.72. The Labute approximate surface area is 109 Å². The molecule has 0 bridgehead atoms. The van der Waals surface area contributed by atoms with Gasteiger partial charge in [-0.3, -0.25) is 0 Å². The second kappa shape index (κ2) is 5.29. The number of halogens is 1. The van der Waals surface area contributed by atoms with Gasteiger partial charge < -0.3 is 10.6 Å². The first kappa shape index (κ1) is 12.1. The molecule has 1 aromatic carbocycles. The highest BCUT2D eigenvalue weighted by Crippen LogP contribution is 2.19. The van der Waals surface area contributed by atoms with Crippen molar-refractivity contribution in [2.75, 3.05) is 17.7 Å². The van der Waals surface area contributed by atoms with Gasteiger partial charge in [0, 0.05) is 7.05 Å². The van der Waals surface area contributed by atoms with Crippen LogP contribution in [0.1, 0.15) is 5.56 Å². The van der Waals surface area contributed by atoms with E-state index in [0.717, 1.165) is 0 Å². The molecule has 0 amide bonds. The quantitative estimate of drug-likeness (QED) is 0.880. The SMILES string of the molecule is CNc1nc(Cl)nc(Nc2ccccc2C#N)n1.